The van der Waals surface area contributed by atoms with Gasteiger partial charge in [0.15, 0.2) is 0 Å². The molecule has 0 heterocycles. The van der Waals surface area contributed by atoms with Gasteiger partial charge in [-0.1, -0.05) is 20.8 Å². The summed E-state index contributed by atoms with van der Waals surface area (Å²) in [5.41, 5.74) is 0. The minimum atomic E-state index is -3.99. The summed E-state index contributed by atoms with van der Waals surface area (Å²) < 4.78 is 37.5. The average Bonchev–Trinajstić information content (AvgIpc) is 2.25. The molecule has 0 bridgehead atoms. The second kappa shape index (κ2) is 6.07. The Morgan fingerprint density at radius 3 is 2.00 bits per heavy atom. The summed E-state index contributed by atoms with van der Waals surface area (Å²) in [6.07, 6.45) is -1.06. The van der Waals surface area contributed by atoms with Gasteiger partial charge in [0.1, 0.15) is 0 Å². The van der Waals surface area contributed by atoms with Crippen LogP contribution in [-0.4, -0.2) is 18.3 Å². The van der Waals surface area contributed by atoms with Gasteiger partial charge in [-0.25, -0.2) is 0 Å². The van der Waals surface area contributed by atoms with Crippen LogP contribution in [0.1, 0.15) is 52.9 Å². The SMILES string of the molecule is CCC(NC1CCC(C(F)(F)F)CC1)C(C)C. The molecule has 0 amide bonds. The second-order valence-electron chi connectivity index (χ2n) is 5.52. The summed E-state index contributed by atoms with van der Waals surface area (Å²) in [5, 5.41) is 3.51. The number of rotatable bonds is 4. The topological polar surface area (TPSA) is 12.0 Å². The van der Waals surface area contributed by atoms with E-state index in [9.17, 15) is 13.2 Å². The normalized spacial score (nSPS) is 28.4. The van der Waals surface area contributed by atoms with Crippen molar-refractivity contribution in [3.8, 4) is 0 Å². The molecule has 1 saturated carbocycles. The zero-order valence-electron chi connectivity index (χ0n) is 11.0. The number of alkyl halides is 3. The Bertz CT molecular complexity index is 217. The Hall–Kier alpha value is -0.250. The lowest BCUT2D eigenvalue weighted by molar-refractivity contribution is -0.182. The fourth-order valence-electron chi connectivity index (χ4n) is 2.67. The third-order valence-electron chi connectivity index (χ3n) is 3.88. The van der Waals surface area contributed by atoms with Crippen LogP contribution in [-0.2, 0) is 0 Å². The molecule has 1 fully saturated rings. The average molecular weight is 251 g/mol. The van der Waals surface area contributed by atoms with E-state index in [0.29, 0.717) is 24.8 Å². The highest BCUT2D eigenvalue weighted by Gasteiger charge is 2.41. The Labute approximate surface area is 102 Å². The quantitative estimate of drug-likeness (QED) is 0.792. The Balaban J connectivity index is 2.37. The smallest absolute Gasteiger partial charge is 0.311 e. The maximum atomic E-state index is 12.5. The molecule has 0 radical (unpaired) electrons. The van der Waals surface area contributed by atoms with Crippen LogP contribution in [0.2, 0.25) is 0 Å². The van der Waals surface area contributed by atoms with Gasteiger partial charge in [0.2, 0.25) is 0 Å². The fraction of sp³-hybridized carbons (Fsp3) is 1.00. The van der Waals surface area contributed by atoms with E-state index in [4.69, 9.17) is 0 Å². The van der Waals surface area contributed by atoms with Gasteiger partial charge in [0, 0.05) is 12.1 Å². The molecule has 1 N–H and O–H groups in total. The Kier molecular flexibility index (Phi) is 5.29. The first-order valence-corrected chi connectivity index (χ1v) is 6.67. The van der Waals surface area contributed by atoms with Gasteiger partial charge in [-0.15, -0.1) is 0 Å². The summed E-state index contributed by atoms with van der Waals surface area (Å²) in [6.45, 7) is 6.43. The minimum Gasteiger partial charge on any atom is -0.311 e. The summed E-state index contributed by atoms with van der Waals surface area (Å²) in [6, 6.07) is 0.711. The molecule has 1 rings (SSSR count). The highest BCUT2D eigenvalue weighted by Crippen LogP contribution is 2.37. The van der Waals surface area contributed by atoms with Crippen molar-refractivity contribution in [2.45, 2.75) is 71.1 Å². The molecule has 4 heteroatoms. The van der Waals surface area contributed by atoms with Crippen LogP contribution in [0.3, 0.4) is 0 Å². The first-order valence-electron chi connectivity index (χ1n) is 6.67. The molecule has 1 unspecified atom stereocenters. The summed E-state index contributed by atoms with van der Waals surface area (Å²) in [4.78, 5) is 0. The van der Waals surface area contributed by atoms with Gasteiger partial charge in [-0.05, 0) is 38.0 Å². The molecule has 0 aromatic rings. The van der Waals surface area contributed by atoms with Crippen molar-refractivity contribution in [1.29, 1.82) is 0 Å². The van der Waals surface area contributed by atoms with Crippen LogP contribution in [0.15, 0.2) is 0 Å². The monoisotopic (exact) mass is 251 g/mol. The van der Waals surface area contributed by atoms with Crippen molar-refractivity contribution in [2.75, 3.05) is 0 Å². The molecule has 1 aliphatic rings. The van der Waals surface area contributed by atoms with Gasteiger partial charge in [-0.2, -0.15) is 13.2 Å². The third kappa shape index (κ3) is 4.49. The van der Waals surface area contributed by atoms with E-state index in [0.717, 1.165) is 6.42 Å². The van der Waals surface area contributed by atoms with Crippen LogP contribution in [0, 0.1) is 11.8 Å². The molecule has 0 spiro atoms. The van der Waals surface area contributed by atoms with E-state index >= 15 is 0 Å². The number of hydrogen-bond donors (Lipinski definition) is 1. The molecule has 0 saturated heterocycles. The van der Waals surface area contributed by atoms with Gasteiger partial charge in [0.25, 0.3) is 0 Å². The van der Waals surface area contributed by atoms with Crippen LogP contribution in [0.25, 0.3) is 0 Å². The maximum Gasteiger partial charge on any atom is 0.391 e. The van der Waals surface area contributed by atoms with E-state index in [1.807, 2.05) is 0 Å². The van der Waals surface area contributed by atoms with Crippen molar-refractivity contribution in [1.82, 2.24) is 5.32 Å². The standard InChI is InChI=1S/C13H24F3N/c1-4-12(9(2)3)17-11-7-5-10(6-8-11)13(14,15)16/h9-12,17H,4-8H2,1-3H3. The molecule has 1 atom stereocenters. The highest BCUT2D eigenvalue weighted by molar-refractivity contribution is 4.83. The second-order valence-corrected chi connectivity index (χ2v) is 5.52. The summed E-state index contributed by atoms with van der Waals surface area (Å²) in [7, 11) is 0. The van der Waals surface area contributed by atoms with E-state index in [-0.39, 0.29) is 18.9 Å². The van der Waals surface area contributed by atoms with Crippen LogP contribution in [0.5, 0.6) is 0 Å². The zero-order chi connectivity index (χ0) is 13.1. The summed E-state index contributed by atoms with van der Waals surface area (Å²) in [5.74, 6) is -0.528. The summed E-state index contributed by atoms with van der Waals surface area (Å²) >= 11 is 0. The van der Waals surface area contributed by atoms with Crippen LogP contribution in [0.4, 0.5) is 13.2 Å². The van der Waals surface area contributed by atoms with E-state index in [1.54, 1.807) is 0 Å². The molecule has 0 aliphatic heterocycles. The molecule has 0 aromatic heterocycles. The molecule has 17 heavy (non-hydrogen) atoms. The number of nitrogens with one attached hydrogen (secondary N) is 1. The third-order valence-corrected chi connectivity index (χ3v) is 3.88. The highest BCUT2D eigenvalue weighted by atomic mass is 19.4. The van der Waals surface area contributed by atoms with Gasteiger partial charge < -0.3 is 5.32 Å². The van der Waals surface area contributed by atoms with Crippen molar-refractivity contribution in [3.05, 3.63) is 0 Å². The van der Waals surface area contributed by atoms with Gasteiger partial charge in [-0.3, -0.25) is 0 Å². The lowest BCUT2D eigenvalue weighted by Gasteiger charge is -2.34. The van der Waals surface area contributed by atoms with E-state index in [1.165, 1.54) is 0 Å². The van der Waals surface area contributed by atoms with E-state index in [2.05, 4.69) is 26.1 Å². The first kappa shape index (κ1) is 14.8. The molecular weight excluding hydrogens is 227 g/mol. The molecule has 1 nitrogen and oxygen atoms in total. The van der Waals surface area contributed by atoms with Crippen molar-refractivity contribution < 1.29 is 13.2 Å². The molecule has 0 aromatic carbocycles. The molecule has 1 aliphatic carbocycles. The Morgan fingerprint density at radius 2 is 1.65 bits per heavy atom. The molecule has 102 valence electrons. The van der Waals surface area contributed by atoms with Crippen molar-refractivity contribution in [2.24, 2.45) is 11.8 Å². The zero-order valence-corrected chi connectivity index (χ0v) is 11.0. The van der Waals surface area contributed by atoms with Crippen LogP contribution >= 0.6 is 0 Å². The largest absolute Gasteiger partial charge is 0.391 e. The van der Waals surface area contributed by atoms with Gasteiger partial charge >= 0.3 is 6.18 Å². The number of halogens is 3. The minimum absolute atomic E-state index is 0.279. The van der Waals surface area contributed by atoms with Crippen molar-refractivity contribution >= 4 is 0 Å². The lowest BCUT2D eigenvalue weighted by Crippen LogP contribution is -2.44. The maximum absolute atomic E-state index is 12.5. The lowest BCUT2D eigenvalue weighted by atomic mass is 9.84. The predicted octanol–water partition coefficient (Wildman–Crippen LogP) is 4.13. The molecular formula is C13H24F3N. The van der Waals surface area contributed by atoms with Crippen molar-refractivity contribution in [3.63, 3.8) is 0 Å². The number of hydrogen-bond acceptors (Lipinski definition) is 1. The van der Waals surface area contributed by atoms with Gasteiger partial charge in [0.05, 0.1) is 5.92 Å². The predicted molar refractivity (Wildman–Crippen MR) is 63.9 cm³/mol. The van der Waals surface area contributed by atoms with Crippen LogP contribution < -0.4 is 5.32 Å². The van der Waals surface area contributed by atoms with E-state index < -0.39 is 12.1 Å². The Morgan fingerprint density at radius 1 is 1.12 bits per heavy atom. The first-order chi connectivity index (χ1) is 7.84. The fourth-order valence-corrected chi connectivity index (χ4v) is 2.67.